The summed E-state index contributed by atoms with van der Waals surface area (Å²) in [6.45, 7) is 4.27. The van der Waals surface area contributed by atoms with Crippen molar-refractivity contribution in [1.82, 2.24) is 0 Å². The molecule has 0 aromatic carbocycles. The van der Waals surface area contributed by atoms with Gasteiger partial charge in [0.2, 0.25) is 0 Å². The molecule has 0 saturated heterocycles. The van der Waals surface area contributed by atoms with Gasteiger partial charge in [-0.05, 0) is 30.6 Å². The van der Waals surface area contributed by atoms with Crippen LogP contribution in [0.3, 0.4) is 0 Å². The Kier molecular flexibility index (Phi) is 1.97. The zero-order valence-corrected chi connectivity index (χ0v) is 8.05. The summed E-state index contributed by atoms with van der Waals surface area (Å²) in [6, 6.07) is 0. The summed E-state index contributed by atoms with van der Waals surface area (Å²) in [5.74, 6) is 3.24. The molecule has 2 saturated carbocycles. The van der Waals surface area contributed by atoms with E-state index in [0.29, 0.717) is 17.6 Å². The fourth-order valence-electron chi connectivity index (χ4n) is 2.84. The fraction of sp³-hybridized carbons (Fsp3) is 0.909. The van der Waals surface area contributed by atoms with Gasteiger partial charge in [0.05, 0.1) is 0 Å². The van der Waals surface area contributed by atoms with E-state index in [1.807, 2.05) is 0 Å². The first kappa shape index (κ1) is 8.28. The van der Waals surface area contributed by atoms with Crippen LogP contribution in [0.4, 0.5) is 0 Å². The van der Waals surface area contributed by atoms with Gasteiger partial charge in [0, 0.05) is 12.3 Å². The van der Waals surface area contributed by atoms with E-state index in [9.17, 15) is 4.79 Å². The minimum absolute atomic E-state index is 0.501. The first-order valence-corrected chi connectivity index (χ1v) is 5.23. The molecule has 2 aliphatic rings. The largest absolute Gasteiger partial charge is 0.299 e. The van der Waals surface area contributed by atoms with Gasteiger partial charge in [-0.3, -0.25) is 4.79 Å². The van der Waals surface area contributed by atoms with E-state index in [2.05, 4.69) is 13.8 Å². The summed E-state index contributed by atoms with van der Waals surface area (Å²) in [6.07, 6.45) is 4.86. The van der Waals surface area contributed by atoms with Crippen molar-refractivity contribution < 1.29 is 4.79 Å². The van der Waals surface area contributed by atoms with E-state index in [4.69, 9.17) is 0 Å². The Hall–Kier alpha value is -0.330. The lowest BCUT2D eigenvalue weighted by molar-refractivity contribution is -0.121. The Balaban J connectivity index is 1.84. The van der Waals surface area contributed by atoms with Gasteiger partial charge in [-0.15, -0.1) is 0 Å². The van der Waals surface area contributed by atoms with Gasteiger partial charge in [0.25, 0.3) is 0 Å². The van der Waals surface area contributed by atoms with E-state index >= 15 is 0 Å². The second-order valence-corrected chi connectivity index (χ2v) is 4.85. The number of carbonyl (C=O) groups excluding carboxylic acids is 1. The average molecular weight is 166 g/mol. The van der Waals surface area contributed by atoms with Crippen molar-refractivity contribution in [3.05, 3.63) is 0 Å². The summed E-state index contributed by atoms with van der Waals surface area (Å²) in [7, 11) is 0. The van der Waals surface area contributed by atoms with Crippen LogP contribution in [0, 0.1) is 23.7 Å². The van der Waals surface area contributed by atoms with Gasteiger partial charge < -0.3 is 0 Å². The van der Waals surface area contributed by atoms with Gasteiger partial charge in [-0.1, -0.05) is 20.3 Å². The molecule has 2 unspecified atom stereocenters. The number of carbonyl (C=O) groups is 1. The number of ketones is 1. The average Bonchev–Trinajstić information content (AvgIpc) is 2.45. The van der Waals surface area contributed by atoms with Crippen LogP contribution in [-0.4, -0.2) is 5.78 Å². The number of hydrogen-bond acceptors (Lipinski definition) is 1. The quantitative estimate of drug-likeness (QED) is 0.630. The van der Waals surface area contributed by atoms with E-state index in [-0.39, 0.29) is 0 Å². The smallest absolute Gasteiger partial charge is 0.136 e. The Morgan fingerprint density at radius 1 is 1.33 bits per heavy atom. The second-order valence-electron chi connectivity index (χ2n) is 4.85. The summed E-state index contributed by atoms with van der Waals surface area (Å²) < 4.78 is 0. The third-order valence-electron chi connectivity index (χ3n) is 3.39. The number of hydrogen-bond donors (Lipinski definition) is 0. The maximum Gasteiger partial charge on any atom is 0.136 e. The lowest BCUT2D eigenvalue weighted by Gasteiger charge is -2.04. The molecular formula is C11H18O. The van der Waals surface area contributed by atoms with Crippen LogP contribution < -0.4 is 0 Å². The van der Waals surface area contributed by atoms with Crippen molar-refractivity contribution in [2.45, 2.75) is 39.5 Å². The van der Waals surface area contributed by atoms with Crippen LogP contribution in [0.25, 0.3) is 0 Å². The molecule has 0 N–H and O–H groups in total. The summed E-state index contributed by atoms with van der Waals surface area (Å²) in [5.41, 5.74) is 0. The molecule has 12 heavy (non-hydrogen) atoms. The highest BCUT2D eigenvalue weighted by molar-refractivity contribution is 5.84. The molecule has 2 aliphatic carbocycles. The van der Waals surface area contributed by atoms with Crippen molar-refractivity contribution in [2.75, 3.05) is 0 Å². The van der Waals surface area contributed by atoms with Crippen LogP contribution in [0.15, 0.2) is 0 Å². The van der Waals surface area contributed by atoms with Crippen LogP contribution in [0.1, 0.15) is 39.5 Å². The molecule has 0 spiro atoms. The van der Waals surface area contributed by atoms with Crippen molar-refractivity contribution in [1.29, 1.82) is 0 Å². The predicted molar refractivity (Wildman–Crippen MR) is 48.8 cm³/mol. The normalized spacial score (nSPS) is 38.4. The summed E-state index contributed by atoms with van der Waals surface area (Å²) in [5, 5.41) is 0. The van der Waals surface area contributed by atoms with E-state index in [0.717, 1.165) is 18.3 Å². The highest BCUT2D eigenvalue weighted by Gasteiger charge is 2.55. The molecule has 2 fully saturated rings. The fourth-order valence-corrected chi connectivity index (χ4v) is 2.84. The van der Waals surface area contributed by atoms with Gasteiger partial charge in [-0.2, -0.15) is 0 Å². The molecule has 0 radical (unpaired) electrons. The Morgan fingerprint density at radius 2 is 1.92 bits per heavy atom. The lowest BCUT2D eigenvalue weighted by Crippen LogP contribution is -2.08. The second kappa shape index (κ2) is 2.86. The molecule has 0 heterocycles. The molecule has 0 bridgehead atoms. The monoisotopic (exact) mass is 166 g/mol. The van der Waals surface area contributed by atoms with Crippen LogP contribution in [0.2, 0.25) is 0 Å². The topological polar surface area (TPSA) is 17.1 Å². The van der Waals surface area contributed by atoms with Gasteiger partial charge in [0.1, 0.15) is 5.78 Å². The molecule has 0 aromatic heterocycles. The maximum atomic E-state index is 11.6. The minimum atomic E-state index is 0.501. The predicted octanol–water partition coefficient (Wildman–Crippen LogP) is 2.65. The van der Waals surface area contributed by atoms with Crippen molar-refractivity contribution in [3.63, 3.8) is 0 Å². The third kappa shape index (κ3) is 1.30. The van der Waals surface area contributed by atoms with Gasteiger partial charge in [0.15, 0.2) is 0 Å². The van der Waals surface area contributed by atoms with Crippen LogP contribution >= 0.6 is 0 Å². The van der Waals surface area contributed by atoms with Gasteiger partial charge in [-0.25, -0.2) is 0 Å². The number of Topliss-reactive ketones (excluding diaryl/α,β-unsaturated/α-hetero) is 1. The van der Waals surface area contributed by atoms with E-state index in [1.165, 1.54) is 19.3 Å². The Bertz CT molecular complexity index is 185. The maximum absolute atomic E-state index is 11.6. The van der Waals surface area contributed by atoms with Gasteiger partial charge >= 0.3 is 0 Å². The standard InChI is InChI=1S/C11H18O/c1-7(2)6-10(12)11-8-4-3-5-9(8)11/h7-9,11H,3-6H2,1-2H3. The number of rotatable bonds is 3. The zero-order valence-electron chi connectivity index (χ0n) is 8.05. The van der Waals surface area contributed by atoms with Crippen molar-refractivity contribution in [3.8, 4) is 0 Å². The summed E-state index contributed by atoms with van der Waals surface area (Å²) >= 11 is 0. The van der Waals surface area contributed by atoms with Crippen LogP contribution in [-0.2, 0) is 4.79 Å². The molecule has 1 nitrogen and oxygen atoms in total. The van der Waals surface area contributed by atoms with E-state index in [1.54, 1.807) is 0 Å². The van der Waals surface area contributed by atoms with Crippen molar-refractivity contribution in [2.24, 2.45) is 23.7 Å². The summed E-state index contributed by atoms with van der Waals surface area (Å²) in [4.78, 5) is 11.6. The molecule has 0 amide bonds. The minimum Gasteiger partial charge on any atom is -0.299 e. The first-order chi connectivity index (χ1) is 5.70. The molecule has 2 atom stereocenters. The molecule has 68 valence electrons. The molecule has 0 aliphatic heterocycles. The molecule has 1 heteroatoms. The van der Waals surface area contributed by atoms with Crippen molar-refractivity contribution >= 4 is 5.78 Å². The van der Waals surface area contributed by atoms with E-state index < -0.39 is 0 Å². The molecular weight excluding hydrogens is 148 g/mol. The number of fused-ring (bicyclic) bond motifs is 1. The Morgan fingerprint density at radius 3 is 2.42 bits per heavy atom. The zero-order chi connectivity index (χ0) is 8.72. The lowest BCUT2D eigenvalue weighted by atomic mass is 10.00. The van der Waals surface area contributed by atoms with Crippen LogP contribution in [0.5, 0.6) is 0 Å². The third-order valence-corrected chi connectivity index (χ3v) is 3.39. The Labute approximate surface area is 74.5 Å². The molecule has 0 aromatic rings. The highest BCUT2D eigenvalue weighted by Crippen LogP contribution is 2.58. The molecule has 2 rings (SSSR count). The first-order valence-electron chi connectivity index (χ1n) is 5.23. The SMILES string of the molecule is CC(C)CC(=O)C1C2CCCC21. The highest BCUT2D eigenvalue weighted by atomic mass is 16.1.